The fourth-order valence-electron chi connectivity index (χ4n) is 4.53. The first-order valence-electron chi connectivity index (χ1n) is 10.3. The lowest BCUT2D eigenvalue weighted by molar-refractivity contribution is -0.181. The molecular formula is C20H30N4O3. The summed E-state index contributed by atoms with van der Waals surface area (Å²) in [6.45, 7) is 7.67. The Morgan fingerprint density at radius 2 is 1.93 bits per heavy atom. The minimum Gasteiger partial charge on any atom is -0.354 e. The van der Waals surface area contributed by atoms with E-state index >= 15 is 0 Å². The summed E-state index contributed by atoms with van der Waals surface area (Å²) in [5.74, 6) is 1.08. The van der Waals surface area contributed by atoms with Crippen molar-refractivity contribution in [3.05, 3.63) is 17.6 Å². The number of likely N-dealkylation sites (tertiary alicyclic amines) is 1. The van der Waals surface area contributed by atoms with Gasteiger partial charge in [0.15, 0.2) is 5.79 Å². The van der Waals surface area contributed by atoms with Crippen LogP contribution in [0, 0.1) is 6.92 Å². The molecule has 148 valence electrons. The number of carbonyl (C=O) groups is 1. The zero-order valence-corrected chi connectivity index (χ0v) is 16.4. The number of piperidine rings is 2. The van der Waals surface area contributed by atoms with E-state index in [0.29, 0.717) is 43.9 Å². The monoisotopic (exact) mass is 374 g/mol. The predicted molar refractivity (Wildman–Crippen MR) is 102 cm³/mol. The maximum absolute atomic E-state index is 13.1. The van der Waals surface area contributed by atoms with E-state index in [2.05, 4.69) is 21.8 Å². The van der Waals surface area contributed by atoms with Gasteiger partial charge in [-0.2, -0.15) is 0 Å². The van der Waals surface area contributed by atoms with Crippen molar-refractivity contribution in [2.45, 2.75) is 64.2 Å². The number of anilines is 1. The van der Waals surface area contributed by atoms with Crippen molar-refractivity contribution in [3.8, 4) is 0 Å². The van der Waals surface area contributed by atoms with Gasteiger partial charge in [0.25, 0.3) is 5.91 Å². The third kappa shape index (κ3) is 3.80. The van der Waals surface area contributed by atoms with Crippen molar-refractivity contribution < 1.29 is 14.3 Å². The van der Waals surface area contributed by atoms with Crippen LogP contribution in [0.1, 0.15) is 61.8 Å². The lowest BCUT2D eigenvalue weighted by atomic mass is 10.00. The number of hydrogen-bond donors (Lipinski definition) is 0. The third-order valence-corrected chi connectivity index (χ3v) is 6.06. The van der Waals surface area contributed by atoms with Crippen LogP contribution in [0.4, 0.5) is 5.82 Å². The molecule has 4 rings (SSSR count). The molecule has 1 unspecified atom stereocenters. The van der Waals surface area contributed by atoms with Gasteiger partial charge in [-0.05, 0) is 32.6 Å². The molecule has 0 aliphatic carbocycles. The Kier molecular flexibility index (Phi) is 5.32. The maximum Gasteiger partial charge on any atom is 0.272 e. The summed E-state index contributed by atoms with van der Waals surface area (Å²) in [7, 11) is 0. The van der Waals surface area contributed by atoms with Gasteiger partial charge in [-0.1, -0.05) is 6.92 Å². The summed E-state index contributed by atoms with van der Waals surface area (Å²) >= 11 is 0. The molecule has 3 aliphatic rings. The number of rotatable bonds is 3. The van der Waals surface area contributed by atoms with Gasteiger partial charge in [0, 0.05) is 44.6 Å². The smallest absolute Gasteiger partial charge is 0.272 e. The van der Waals surface area contributed by atoms with Crippen LogP contribution < -0.4 is 4.90 Å². The summed E-state index contributed by atoms with van der Waals surface area (Å²) in [6, 6.07) is 2.39. The topological polar surface area (TPSA) is 67.8 Å². The van der Waals surface area contributed by atoms with Crippen molar-refractivity contribution in [2.75, 3.05) is 37.7 Å². The average molecular weight is 374 g/mol. The van der Waals surface area contributed by atoms with Crippen molar-refractivity contribution in [1.82, 2.24) is 14.9 Å². The standard InChI is InChI=1S/C20H30N4O3/c1-3-16-6-4-5-9-24(16)18-14-17(21-15(2)22-18)19(25)23-10-7-20(8-11-23)26-12-13-27-20/h14,16H,3-13H2,1-2H3. The van der Waals surface area contributed by atoms with Crippen LogP contribution in [0.25, 0.3) is 0 Å². The molecule has 1 aromatic rings. The van der Waals surface area contributed by atoms with Gasteiger partial charge in [-0.3, -0.25) is 4.79 Å². The van der Waals surface area contributed by atoms with Gasteiger partial charge in [0.05, 0.1) is 13.2 Å². The van der Waals surface area contributed by atoms with Crippen molar-refractivity contribution in [3.63, 3.8) is 0 Å². The molecule has 0 radical (unpaired) electrons. The summed E-state index contributed by atoms with van der Waals surface area (Å²) in [5, 5.41) is 0. The Hall–Kier alpha value is -1.73. The predicted octanol–water partition coefficient (Wildman–Crippen LogP) is 2.53. The van der Waals surface area contributed by atoms with E-state index in [4.69, 9.17) is 9.47 Å². The molecule has 0 saturated carbocycles. The number of amides is 1. The molecule has 3 aliphatic heterocycles. The van der Waals surface area contributed by atoms with E-state index in [-0.39, 0.29) is 5.91 Å². The summed E-state index contributed by atoms with van der Waals surface area (Å²) < 4.78 is 11.5. The van der Waals surface area contributed by atoms with Crippen LogP contribution in [0.15, 0.2) is 6.07 Å². The molecule has 7 heteroatoms. The molecule has 1 atom stereocenters. The highest BCUT2D eigenvalue weighted by Crippen LogP contribution is 2.32. The first-order valence-corrected chi connectivity index (χ1v) is 10.3. The van der Waals surface area contributed by atoms with Crippen LogP contribution in [-0.2, 0) is 9.47 Å². The van der Waals surface area contributed by atoms with Crippen molar-refractivity contribution in [1.29, 1.82) is 0 Å². The zero-order valence-electron chi connectivity index (χ0n) is 16.4. The van der Waals surface area contributed by atoms with Gasteiger partial charge in [0.1, 0.15) is 17.3 Å². The van der Waals surface area contributed by atoms with Crippen LogP contribution in [0.2, 0.25) is 0 Å². The first kappa shape index (κ1) is 18.6. The molecule has 3 fully saturated rings. The molecule has 4 heterocycles. The van der Waals surface area contributed by atoms with Crippen LogP contribution in [-0.4, -0.2) is 65.5 Å². The number of aryl methyl sites for hydroxylation is 1. The number of ether oxygens (including phenoxy) is 2. The molecule has 7 nitrogen and oxygen atoms in total. The van der Waals surface area contributed by atoms with E-state index in [9.17, 15) is 4.79 Å². The number of carbonyl (C=O) groups excluding carboxylic acids is 1. The summed E-state index contributed by atoms with van der Waals surface area (Å²) in [4.78, 5) is 26.4. The largest absolute Gasteiger partial charge is 0.354 e. The SMILES string of the molecule is CCC1CCCCN1c1cc(C(=O)N2CCC3(CC2)OCCO3)nc(C)n1. The molecule has 0 bridgehead atoms. The van der Waals surface area contributed by atoms with Crippen LogP contribution in [0.5, 0.6) is 0 Å². The molecule has 0 N–H and O–H groups in total. The Morgan fingerprint density at radius 3 is 2.63 bits per heavy atom. The lowest BCUT2D eigenvalue weighted by Crippen LogP contribution is -2.47. The molecular weight excluding hydrogens is 344 g/mol. The highest BCUT2D eigenvalue weighted by Gasteiger charge is 2.41. The first-order chi connectivity index (χ1) is 13.1. The quantitative estimate of drug-likeness (QED) is 0.810. The molecule has 1 spiro atoms. The van der Waals surface area contributed by atoms with Crippen molar-refractivity contribution >= 4 is 11.7 Å². The van der Waals surface area contributed by atoms with E-state index in [0.717, 1.165) is 31.6 Å². The average Bonchev–Trinajstić information content (AvgIpc) is 3.15. The summed E-state index contributed by atoms with van der Waals surface area (Å²) in [6.07, 6.45) is 6.18. The summed E-state index contributed by atoms with van der Waals surface area (Å²) in [5.41, 5.74) is 0.502. The third-order valence-electron chi connectivity index (χ3n) is 6.06. The fourth-order valence-corrected chi connectivity index (χ4v) is 4.53. The minimum atomic E-state index is -0.467. The Morgan fingerprint density at radius 1 is 1.19 bits per heavy atom. The second-order valence-corrected chi connectivity index (χ2v) is 7.81. The Labute approximate surface area is 161 Å². The number of aromatic nitrogens is 2. The van der Waals surface area contributed by atoms with E-state index in [1.807, 2.05) is 17.9 Å². The van der Waals surface area contributed by atoms with Crippen LogP contribution in [0.3, 0.4) is 0 Å². The lowest BCUT2D eigenvalue weighted by Gasteiger charge is -2.38. The van der Waals surface area contributed by atoms with E-state index in [1.165, 1.54) is 19.3 Å². The normalized spacial score (nSPS) is 25.2. The molecule has 27 heavy (non-hydrogen) atoms. The number of nitrogens with zero attached hydrogens (tertiary/aromatic N) is 4. The van der Waals surface area contributed by atoms with E-state index < -0.39 is 5.79 Å². The molecule has 0 aromatic carbocycles. The minimum absolute atomic E-state index is 0.0142. The van der Waals surface area contributed by atoms with Gasteiger partial charge in [0.2, 0.25) is 0 Å². The van der Waals surface area contributed by atoms with Gasteiger partial charge in [-0.25, -0.2) is 9.97 Å². The zero-order chi connectivity index (χ0) is 18.9. The second-order valence-electron chi connectivity index (χ2n) is 7.81. The second kappa shape index (κ2) is 7.72. The number of hydrogen-bond acceptors (Lipinski definition) is 6. The Bertz CT molecular complexity index is 680. The van der Waals surface area contributed by atoms with Gasteiger partial charge in [-0.15, -0.1) is 0 Å². The fraction of sp³-hybridized carbons (Fsp3) is 0.750. The highest BCUT2D eigenvalue weighted by molar-refractivity contribution is 5.93. The Balaban J connectivity index is 1.50. The molecule has 1 aromatic heterocycles. The highest BCUT2D eigenvalue weighted by atomic mass is 16.7. The molecule has 1 amide bonds. The van der Waals surface area contributed by atoms with Crippen LogP contribution >= 0.6 is 0 Å². The van der Waals surface area contributed by atoms with Gasteiger partial charge >= 0.3 is 0 Å². The van der Waals surface area contributed by atoms with Crippen molar-refractivity contribution in [2.24, 2.45) is 0 Å². The van der Waals surface area contributed by atoms with E-state index in [1.54, 1.807) is 0 Å². The van der Waals surface area contributed by atoms with Gasteiger partial charge < -0.3 is 19.3 Å². The maximum atomic E-state index is 13.1. The molecule has 3 saturated heterocycles.